The monoisotopic (exact) mass is 527 g/mol. The Morgan fingerprint density at radius 2 is 1.61 bits per heavy atom. The van der Waals surface area contributed by atoms with Gasteiger partial charge in [0.2, 0.25) is 0 Å². The molecule has 0 radical (unpaired) electrons. The Balaban J connectivity index is 1.39. The smallest absolute Gasteiger partial charge is 0.305 e. The van der Waals surface area contributed by atoms with Crippen molar-refractivity contribution in [2.45, 2.75) is 37.0 Å². The summed E-state index contributed by atoms with van der Waals surface area (Å²) in [7, 11) is 0. The number of carbonyl (C=O) groups is 1. The molecule has 1 heterocycles. The van der Waals surface area contributed by atoms with Crippen LogP contribution in [-0.4, -0.2) is 29.9 Å². The van der Waals surface area contributed by atoms with E-state index in [2.05, 4.69) is 29.2 Å². The van der Waals surface area contributed by atoms with Crippen molar-refractivity contribution in [1.82, 2.24) is 4.98 Å². The average Bonchev–Trinajstić information content (AvgIpc) is 2.94. The van der Waals surface area contributed by atoms with Crippen LogP contribution in [0.4, 0.5) is 0 Å². The second-order valence-electron chi connectivity index (χ2n) is 8.87. The van der Waals surface area contributed by atoms with Crippen molar-refractivity contribution in [1.29, 1.82) is 0 Å². The SMILES string of the molecule is CCOC(=O)CCCOc1cccc(SCCc2cc(C(c3ccccc3)c3ccccc3)c[nH]c2=O)c1. The van der Waals surface area contributed by atoms with Gasteiger partial charge in [-0.2, -0.15) is 0 Å². The van der Waals surface area contributed by atoms with Crippen molar-refractivity contribution in [3.8, 4) is 5.75 Å². The molecule has 5 nitrogen and oxygen atoms in total. The van der Waals surface area contributed by atoms with Gasteiger partial charge in [-0.1, -0.05) is 66.7 Å². The summed E-state index contributed by atoms with van der Waals surface area (Å²) < 4.78 is 10.8. The fourth-order valence-corrected chi connectivity index (χ4v) is 5.27. The number of aromatic nitrogens is 1. The van der Waals surface area contributed by atoms with Gasteiger partial charge in [0, 0.05) is 34.7 Å². The molecule has 196 valence electrons. The van der Waals surface area contributed by atoms with Crippen LogP contribution in [0.5, 0.6) is 5.75 Å². The van der Waals surface area contributed by atoms with Crippen LogP contribution in [0.15, 0.2) is 107 Å². The lowest BCUT2D eigenvalue weighted by Crippen LogP contribution is -2.15. The van der Waals surface area contributed by atoms with Crippen molar-refractivity contribution in [3.05, 3.63) is 130 Å². The Bertz CT molecular complexity index is 1320. The van der Waals surface area contributed by atoms with E-state index in [0.717, 1.165) is 27.5 Å². The van der Waals surface area contributed by atoms with Gasteiger partial charge in [0.25, 0.3) is 5.56 Å². The zero-order valence-corrected chi connectivity index (χ0v) is 22.4. The van der Waals surface area contributed by atoms with E-state index >= 15 is 0 Å². The van der Waals surface area contributed by atoms with Crippen molar-refractivity contribution in [2.24, 2.45) is 0 Å². The first-order valence-corrected chi connectivity index (χ1v) is 13.9. The third-order valence-electron chi connectivity index (χ3n) is 6.15. The van der Waals surface area contributed by atoms with Crippen LogP contribution in [0, 0.1) is 0 Å². The highest BCUT2D eigenvalue weighted by Gasteiger charge is 2.18. The van der Waals surface area contributed by atoms with Gasteiger partial charge in [-0.05, 0) is 60.7 Å². The second kappa shape index (κ2) is 14.2. The predicted molar refractivity (Wildman–Crippen MR) is 153 cm³/mol. The quantitative estimate of drug-likeness (QED) is 0.120. The number of aryl methyl sites for hydroxylation is 1. The van der Waals surface area contributed by atoms with E-state index in [1.165, 1.54) is 11.1 Å². The molecule has 4 aromatic rings. The van der Waals surface area contributed by atoms with E-state index < -0.39 is 0 Å². The van der Waals surface area contributed by atoms with Gasteiger partial charge in [-0.25, -0.2) is 0 Å². The van der Waals surface area contributed by atoms with Crippen LogP contribution < -0.4 is 10.3 Å². The molecule has 1 N–H and O–H groups in total. The predicted octanol–water partition coefficient (Wildman–Crippen LogP) is 6.61. The van der Waals surface area contributed by atoms with Crippen LogP contribution in [0.25, 0.3) is 0 Å². The number of hydrogen-bond acceptors (Lipinski definition) is 5. The molecule has 4 rings (SSSR count). The van der Waals surface area contributed by atoms with Crippen LogP contribution in [0.2, 0.25) is 0 Å². The Morgan fingerprint density at radius 3 is 2.29 bits per heavy atom. The summed E-state index contributed by atoms with van der Waals surface area (Å²) in [5.41, 5.74) is 4.17. The van der Waals surface area contributed by atoms with Crippen LogP contribution in [-0.2, 0) is 16.0 Å². The maximum atomic E-state index is 12.7. The number of esters is 1. The summed E-state index contributed by atoms with van der Waals surface area (Å²) in [6, 6.07) is 30.7. The van der Waals surface area contributed by atoms with Gasteiger partial charge in [0.15, 0.2) is 0 Å². The number of carbonyl (C=O) groups excluding carboxylic acids is 1. The third-order valence-corrected chi connectivity index (χ3v) is 7.14. The van der Waals surface area contributed by atoms with E-state index in [1.807, 2.05) is 72.9 Å². The molecular formula is C32H33NO4S. The molecule has 0 fully saturated rings. The first-order valence-electron chi connectivity index (χ1n) is 13.0. The number of nitrogens with one attached hydrogen (secondary N) is 1. The van der Waals surface area contributed by atoms with Crippen LogP contribution >= 0.6 is 11.8 Å². The number of rotatable bonds is 13. The third kappa shape index (κ3) is 7.86. The van der Waals surface area contributed by atoms with Gasteiger partial charge in [-0.15, -0.1) is 11.8 Å². The normalized spacial score (nSPS) is 10.9. The van der Waals surface area contributed by atoms with Crippen molar-refractivity contribution >= 4 is 17.7 Å². The van der Waals surface area contributed by atoms with E-state index in [1.54, 1.807) is 18.7 Å². The molecule has 0 amide bonds. The number of thioether (sulfide) groups is 1. The average molecular weight is 528 g/mol. The maximum Gasteiger partial charge on any atom is 0.305 e. The molecule has 0 aliphatic heterocycles. The van der Waals surface area contributed by atoms with Gasteiger partial charge in [0.1, 0.15) is 5.75 Å². The summed E-state index contributed by atoms with van der Waals surface area (Å²) in [6.45, 7) is 2.66. The van der Waals surface area contributed by atoms with Gasteiger partial charge in [-0.3, -0.25) is 9.59 Å². The summed E-state index contributed by atoms with van der Waals surface area (Å²) in [5, 5.41) is 0. The lowest BCUT2D eigenvalue weighted by atomic mass is 9.85. The highest BCUT2D eigenvalue weighted by atomic mass is 32.2. The second-order valence-corrected chi connectivity index (χ2v) is 10.0. The first kappa shape index (κ1) is 27.3. The largest absolute Gasteiger partial charge is 0.494 e. The van der Waals surface area contributed by atoms with Crippen LogP contribution in [0.3, 0.4) is 0 Å². The molecule has 0 saturated heterocycles. The lowest BCUT2D eigenvalue weighted by Gasteiger charge is -2.19. The Kier molecular flexibility index (Phi) is 10.2. The number of hydrogen-bond donors (Lipinski definition) is 1. The van der Waals surface area contributed by atoms with Crippen molar-refractivity contribution in [3.63, 3.8) is 0 Å². The minimum absolute atomic E-state index is 0.0401. The summed E-state index contributed by atoms with van der Waals surface area (Å²) >= 11 is 1.69. The van der Waals surface area contributed by atoms with Crippen molar-refractivity contribution < 1.29 is 14.3 Å². The van der Waals surface area contributed by atoms with Crippen molar-refractivity contribution in [2.75, 3.05) is 19.0 Å². The number of pyridine rings is 1. The van der Waals surface area contributed by atoms with E-state index in [9.17, 15) is 9.59 Å². The molecule has 0 atom stereocenters. The highest BCUT2D eigenvalue weighted by molar-refractivity contribution is 7.99. The zero-order valence-electron chi connectivity index (χ0n) is 21.6. The highest BCUT2D eigenvalue weighted by Crippen LogP contribution is 2.31. The minimum Gasteiger partial charge on any atom is -0.494 e. The van der Waals surface area contributed by atoms with Gasteiger partial charge in [0.05, 0.1) is 13.2 Å². The Morgan fingerprint density at radius 1 is 0.895 bits per heavy atom. The fraction of sp³-hybridized carbons (Fsp3) is 0.250. The Hall–Kier alpha value is -3.77. The van der Waals surface area contributed by atoms with Gasteiger partial charge >= 0.3 is 5.97 Å². The minimum atomic E-state index is -0.196. The fourth-order valence-electron chi connectivity index (χ4n) is 4.34. The van der Waals surface area contributed by atoms with E-state index in [-0.39, 0.29) is 17.4 Å². The molecular weight excluding hydrogens is 494 g/mol. The lowest BCUT2D eigenvalue weighted by molar-refractivity contribution is -0.143. The standard InChI is InChI=1S/C32H33NO4S/c1-2-36-30(34)17-10-19-37-28-15-9-16-29(22-28)38-20-18-26-21-27(23-33-32(26)35)31(24-11-5-3-6-12-24)25-13-7-4-8-14-25/h3-9,11-16,21-23,31H,2,10,17-20H2,1H3,(H,33,35). The topological polar surface area (TPSA) is 68.4 Å². The molecule has 0 spiro atoms. The Labute approximate surface area is 228 Å². The first-order chi connectivity index (χ1) is 18.6. The molecule has 38 heavy (non-hydrogen) atoms. The summed E-state index contributed by atoms with van der Waals surface area (Å²) in [5.74, 6) is 1.38. The molecule has 0 aliphatic rings. The number of ether oxygens (including phenoxy) is 2. The molecule has 0 aliphatic carbocycles. The van der Waals surface area contributed by atoms with Gasteiger partial charge < -0.3 is 14.5 Å². The molecule has 3 aromatic carbocycles. The summed E-state index contributed by atoms with van der Waals surface area (Å²) in [6.07, 6.45) is 3.45. The molecule has 0 saturated carbocycles. The zero-order chi connectivity index (χ0) is 26.6. The molecule has 0 unspecified atom stereocenters. The molecule has 1 aromatic heterocycles. The number of H-pyrrole nitrogens is 1. The maximum absolute atomic E-state index is 12.7. The molecule has 6 heteroatoms. The number of aromatic amines is 1. The summed E-state index contributed by atoms with van der Waals surface area (Å²) in [4.78, 5) is 28.2. The van der Waals surface area contributed by atoms with E-state index in [4.69, 9.17) is 9.47 Å². The number of benzene rings is 3. The van der Waals surface area contributed by atoms with Crippen LogP contribution in [0.1, 0.15) is 47.9 Å². The van der Waals surface area contributed by atoms with E-state index in [0.29, 0.717) is 32.5 Å². The molecule has 0 bridgehead atoms.